The molecule has 16 heteroatoms. The molecule has 0 radical (unpaired) electrons. The molecule has 4 unspecified atom stereocenters. The molecule has 4 atom stereocenters. The lowest BCUT2D eigenvalue weighted by atomic mass is 10.1. The molecule has 0 fully saturated rings. The van der Waals surface area contributed by atoms with Gasteiger partial charge in [0.15, 0.2) is 0 Å². The summed E-state index contributed by atoms with van der Waals surface area (Å²) in [6.07, 6.45) is 1.18. The highest BCUT2D eigenvalue weighted by molar-refractivity contribution is 5.96. The number of carboxylic acid groups (broad SMARTS) is 2. The van der Waals surface area contributed by atoms with Gasteiger partial charge in [0.25, 0.3) is 0 Å². The minimum Gasteiger partial charge on any atom is -0.481 e. The SMILES string of the molecule is NC(=O)CC(NC(=O)C(CCC(=O)O)NC(=O)C(N)Cc1cnc[nH]1)C(=O)NC(CO)C(=O)O. The fraction of sp³-hybridized carbons (Fsp3) is 0.500. The van der Waals surface area contributed by atoms with E-state index in [-0.39, 0.29) is 12.8 Å². The second-order valence-electron chi connectivity index (χ2n) is 7.19. The first-order valence-corrected chi connectivity index (χ1v) is 9.92. The van der Waals surface area contributed by atoms with Crippen molar-refractivity contribution >= 4 is 35.6 Å². The van der Waals surface area contributed by atoms with Crippen molar-refractivity contribution in [2.75, 3.05) is 6.61 Å². The van der Waals surface area contributed by atoms with Crippen LogP contribution in [0, 0.1) is 0 Å². The molecule has 188 valence electrons. The fourth-order valence-electron chi connectivity index (χ4n) is 2.68. The lowest BCUT2D eigenvalue weighted by molar-refractivity contribution is -0.143. The Hall–Kier alpha value is -4.05. The second-order valence-corrected chi connectivity index (χ2v) is 7.19. The number of H-pyrrole nitrogens is 1. The second kappa shape index (κ2) is 13.5. The third kappa shape index (κ3) is 9.61. The summed E-state index contributed by atoms with van der Waals surface area (Å²) in [6, 6.07) is -5.98. The molecule has 11 N–H and O–H groups in total. The number of hydrogen-bond acceptors (Lipinski definition) is 9. The van der Waals surface area contributed by atoms with E-state index >= 15 is 0 Å². The molecule has 16 nitrogen and oxygen atoms in total. The molecule has 1 aromatic rings. The van der Waals surface area contributed by atoms with Gasteiger partial charge in [-0.3, -0.25) is 24.0 Å². The molecule has 0 aromatic carbocycles. The Labute approximate surface area is 192 Å². The first-order chi connectivity index (χ1) is 15.9. The van der Waals surface area contributed by atoms with Gasteiger partial charge in [0, 0.05) is 24.7 Å². The van der Waals surface area contributed by atoms with Crippen molar-refractivity contribution in [1.82, 2.24) is 25.9 Å². The Morgan fingerprint density at radius 2 is 1.56 bits per heavy atom. The average Bonchev–Trinajstić information content (AvgIpc) is 3.26. The zero-order valence-corrected chi connectivity index (χ0v) is 17.9. The first-order valence-electron chi connectivity index (χ1n) is 9.92. The van der Waals surface area contributed by atoms with Crippen molar-refractivity contribution in [3.63, 3.8) is 0 Å². The summed E-state index contributed by atoms with van der Waals surface area (Å²) >= 11 is 0. The van der Waals surface area contributed by atoms with E-state index in [2.05, 4.69) is 20.6 Å². The monoisotopic (exact) mass is 485 g/mol. The van der Waals surface area contributed by atoms with Gasteiger partial charge in [-0.1, -0.05) is 0 Å². The van der Waals surface area contributed by atoms with Gasteiger partial charge in [-0.2, -0.15) is 0 Å². The van der Waals surface area contributed by atoms with Crippen molar-refractivity contribution in [3.05, 3.63) is 18.2 Å². The maximum atomic E-state index is 12.7. The van der Waals surface area contributed by atoms with Crippen molar-refractivity contribution in [2.24, 2.45) is 11.5 Å². The Morgan fingerprint density at radius 3 is 2.06 bits per heavy atom. The van der Waals surface area contributed by atoms with Gasteiger partial charge in [-0.05, 0) is 6.42 Å². The number of hydrogen-bond donors (Lipinski definition) is 9. The number of nitrogens with two attached hydrogens (primary N) is 2. The Kier molecular flexibility index (Phi) is 11.1. The van der Waals surface area contributed by atoms with E-state index in [1.54, 1.807) is 0 Å². The first kappa shape index (κ1) is 28.0. The molecular formula is C18H27N7O9. The zero-order valence-electron chi connectivity index (χ0n) is 17.9. The number of primary amides is 1. The van der Waals surface area contributed by atoms with E-state index in [1.165, 1.54) is 12.5 Å². The Morgan fingerprint density at radius 1 is 0.971 bits per heavy atom. The molecule has 0 aliphatic carbocycles. The molecule has 1 rings (SSSR count). The van der Waals surface area contributed by atoms with Crippen molar-refractivity contribution in [1.29, 1.82) is 0 Å². The van der Waals surface area contributed by atoms with E-state index in [0.29, 0.717) is 5.69 Å². The highest BCUT2D eigenvalue weighted by Crippen LogP contribution is 2.04. The molecule has 0 saturated heterocycles. The summed E-state index contributed by atoms with van der Waals surface area (Å²) in [6.45, 7) is -0.968. The van der Waals surface area contributed by atoms with Crippen LogP contribution in [0.2, 0.25) is 0 Å². The highest BCUT2D eigenvalue weighted by Gasteiger charge is 2.31. The molecule has 34 heavy (non-hydrogen) atoms. The van der Waals surface area contributed by atoms with Crippen LogP contribution in [0.4, 0.5) is 0 Å². The number of aromatic amines is 1. The Bertz CT molecular complexity index is 890. The molecule has 0 aliphatic rings. The number of aliphatic hydroxyl groups is 1. The van der Waals surface area contributed by atoms with Crippen LogP contribution in [-0.2, 0) is 35.2 Å². The maximum absolute atomic E-state index is 12.7. The number of aliphatic hydroxyl groups excluding tert-OH is 1. The molecule has 0 spiro atoms. The Balaban J connectivity index is 2.95. The molecule has 4 amide bonds. The number of nitrogens with one attached hydrogen (secondary N) is 4. The van der Waals surface area contributed by atoms with Gasteiger partial charge in [-0.25, -0.2) is 9.78 Å². The van der Waals surface area contributed by atoms with Gasteiger partial charge in [-0.15, -0.1) is 0 Å². The zero-order chi connectivity index (χ0) is 25.8. The number of aromatic nitrogens is 2. The molecular weight excluding hydrogens is 458 g/mol. The smallest absolute Gasteiger partial charge is 0.328 e. The molecule has 0 aliphatic heterocycles. The molecule has 0 saturated carbocycles. The number of amides is 4. The lowest BCUT2D eigenvalue weighted by Gasteiger charge is -2.24. The largest absolute Gasteiger partial charge is 0.481 e. The van der Waals surface area contributed by atoms with E-state index in [1.807, 2.05) is 5.32 Å². The average molecular weight is 485 g/mol. The summed E-state index contributed by atoms with van der Waals surface area (Å²) in [4.78, 5) is 77.4. The number of nitrogens with zero attached hydrogens (tertiary/aromatic N) is 1. The number of rotatable bonds is 15. The van der Waals surface area contributed by atoms with Gasteiger partial charge in [0.05, 0.1) is 25.4 Å². The topological polar surface area (TPSA) is 280 Å². The van der Waals surface area contributed by atoms with Gasteiger partial charge >= 0.3 is 11.9 Å². The van der Waals surface area contributed by atoms with Crippen LogP contribution in [-0.4, -0.2) is 91.6 Å². The number of carboxylic acids is 2. The van der Waals surface area contributed by atoms with Crippen LogP contribution < -0.4 is 27.4 Å². The molecule has 1 aromatic heterocycles. The maximum Gasteiger partial charge on any atom is 0.328 e. The van der Waals surface area contributed by atoms with E-state index < -0.39 is 79.2 Å². The summed E-state index contributed by atoms with van der Waals surface area (Å²) in [5, 5.41) is 33.3. The van der Waals surface area contributed by atoms with Gasteiger partial charge in [0.1, 0.15) is 18.1 Å². The summed E-state index contributed by atoms with van der Waals surface area (Å²) < 4.78 is 0. The quantitative estimate of drug-likeness (QED) is 0.114. The van der Waals surface area contributed by atoms with Crippen LogP contribution in [0.25, 0.3) is 0 Å². The lowest BCUT2D eigenvalue weighted by Crippen LogP contribution is -2.58. The van der Waals surface area contributed by atoms with Gasteiger partial charge < -0.3 is 47.7 Å². The number of aliphatic carboxylic acids is 2. The van der Waals surface area contributed by atoms with Crippen LogP contribution >= 0.6 is 0 Å². The summed E-state index contributed by atoms with van der Waals surface area (Å²) in [5.41, 5.74) is 11.4. The minimum absolute atomic E-state index is 0.0313. The predicted molar refractivity (Wildman–Crippen MR) is 111 cm³/mol. The van der Waals surface area contributed by atoms with Crippen LogP contribution in [0.5, 0.6) is 0 Å². The standard InChI is InChI=1S/C18H27N7O9/c19-9(3-8-5-21-7-22-8)15(30)23-10(1-2-14(28)29)16(31)24-11(4-13(20)27)17(32)25-12(6-26)18(33)34/h5,7,9-12,26H,1-4,6,19H2,(H2,20,27)(H,21,22)(H,23,30)(H,24,31)(H,25,32)(H,28,29)(H,33,34). The van der Waals surface area contributed by atoms with Crippen molar-refractivity contribution in [2.45, 2.75) is 49.9 Å². The molecule has 1 heterocycles. The van der Waals surface area contributed by atoms with E-state index in [9.17, 15) is 28.8 Å². The number of carbonyl (C=O) groups is 6. The minimum atomic E-state index is -1.72. The van der Waals surface area contributed by atoms with Crippen molar-refractivity contribution < 1.29 is 44.1 Å². The third-order valence-electron chi connectivity index (χ3n) is 4.45. The number of carbonyl (C=O) groups excluding carboxylic acids is 4. The summed E-state index contributed by atoms with van der Waals surface area (Å²) in [7, 11) is 0. The van der Waals surface area contributed by atoms with Crippen LogP contribution in [0.3, 0.4) is 0 Å². The predicted octanol–water partition coefficient (Wildman–Crippen LogP) is -4.45. The summed E-state index contributed by atoms with van der Waals surface area (Å²) in [5.74, 6) is -6.86. The molecule has 0 bridgehead atoms. The van der Waals surface area contributed by atoms with E-state index in [4.69, 9.17) is 26.8 Å². The fourth-order valence-corrected chi connectivity index (χ4v) is 2.68. The third-order valence-corrected chi connectivity index (χ3v) is 4.45. The number of imidazole rings is 1. The van der Waals surface area contributed by atoms with Crippen LogP contribution in [0.15, 0.2) is 12.5 Å². The van der Waals surface area contributed by atoms with Crippen molar-refractivity contribution in [3.8, 4) is 0 Å². The van der Waals surface area contributed by atoms with Crippen LogP contribution in [0.1, 0.15) is 25.0 Å². The van der Waals surface area contributed by atoms with Gasteiger partial charge in [0.2, 0.25) is 23.6 Å². The normalized spacial score (nSPS) is 14.2. The van der Waals surface area contributed by atoms with E-state index in [0.717, 1.165) is 0 Å². The highest BCUT2D eigenvalue weighted by atomic mass is 16.4.